The maximum atomic E-state index is 9.91. The van der Waals surface area contributed by atoms with Crippen molar-refractivity contribution in [1.82, 2.24) is 9.88 Å². The van der Waals surface area contributed by atoms with Crippen LogP contribution in [0.1, 0.15) is 61.5 Å². The van der Waals surface area contributed by atoms with Crippen molar-refractivity contribution in [3.05, 3.63) is 88.4 Å². The molecule has 1 aliphatic rings. The SMILES string of the molecule is CCCC1CCC(CN(Cc2ccc(C#N)c(-c3cccc4ccccc34)c2)Cc2cncs2)CC1. The summed E-state index contributed by atoms with van der Waals surface area (Å²) in [6, 6.07) is 23.7. The van der Waals surface area contributed by atoms with Crippen LogP contribution in [-0.2, 0) is 13.1 Å². The third-order valence-corrected chi connectivity index (χ3v) is 8.50. The molecule has 5 rings (SSSR count). The number of rotatable bonds is 9. The Kier molecular flexibility index (Phi) is 8.11. The molecule has 0 unspecified atom stereocenters. The molecule has 0 N–H and O–H groups in total. The third-order valence-electron chi connectivity index (χ3n) is 7.73. The Morgan fingerprint density at radius 2 is 1.75 bits per heavy atom. The van der Waals surface area contributed by atoms with Crippen LogP contribution in [0.3, 0.4) is 0 Å². The zero-order chi connectivity index (χ0) is 24.7. The Bertz CT molecular complexity index is 1310. The van der Waals surface area contributed by atoms with Crippen LogP contribution in [0.2, 0.25) is 0 Å². The van der Waals surface area contributed by atoms with Gasteiger partial charge in [-0.15, -0.1) is 11.3 Å². The molecule has 1 fully saturated rings. The van der Waals surface area contributed by atoms with Gasteiger partial charge in [0.05, 0.1) is 17.1 Å². The van der Waals surface area contributed by atoms with E-state index in [9.17, 15) is 5.26 Å². The minimum atomic E-state index is 0.735. The summed E-state index contributed by atoms with van der Waals surface area (Å²) >= 11 is 1.74. The summed E-state index contributed by atoms with van der Waals surface area (Å²) in [4.78, 5) is 8.24. The van der Waals surface area contributed by atoms with Gasteiger partial charge in [-0.2, -0.15) is 5.26 Å². The molecule has 0 atom stereocenters. The summed E-state index contributed by atoms with van der Waals surface area (Å²) in [5.74, 6) is 1.70. The number of aromatic nitrogens is 1. The topological polar surface area (TPSA) is 39.9 Å². The van der Waals surface area contributed by atoms with Crippen molar-refractivity contribution in [3.63, 3.8) is 0 Å². The number of nitriles is 1. The summed E-state index contributed by atoms with van der Waals surface area (Å²) in [7, 11) is 0. The van der Waals surface area contributed by atoms with Gasteiger partial charge in [-0.05, 0) is 58.7 Å². The Hall–Kier alpha value is -3.00. The highest BCUT2D eigenvalue weighted by Crippen LogP contribution is 2.34. The van der Waals surface area contributed by atoms with Crippen molar-refractivity contribution in [2.75, 3.05) is 6.54 Å². The van der Waals surface area contributed by atoms with Gasteiger partial charge in [-0.3, -0.25) is 9.88 Å². The monoisotopic (exact) mass is 493 g/mol. The maximum absolute atomic E-state index is 9.91. The van der Waals surface area contributed by atoms with Gasteiger partial charge in [-0.25, -0.2) is 0 Å². The molecular weight excluding hydrogens is 458 g/mol. The van der Waals surface area contributed by atoms with Gasteiger partial charge in [0.2, 0.25) is 0 Å². The number of hydrogen-bond acceptors (Lipinski definition) is 4. The second kappa shape index (κ2) is 11.8. The normalized spacial score (nSPS) is 17.9. The van der Waals surface area contributed by atoms with Crippen LogP contribution in [0, 0.1) is 23.2 Å². The predicted molar refractivity (Wildman–Crippen MR) is 151 cm³/mol. The van der Waals surface area contributed by atoms with Gasteiger partial charge < -0.3 is 0 Å². The number of fused-ring (bicyclic) bond motifs is 1. The maximum Gasteiger partial charge on any atom is 0.0998 e. The molecule has 1 heterocycles. The van der Waals surface area contributed by atoms with Gasteiger partial charge in [-0.1, -0.05) is 81.1 Å². The highest BCUT2D eigenvalue weighted by molar-refractivity contribution is 7.09. The van der Waals surface area contributed by atoms with Crippen molar-refractivity contribution < 1.29 is 0 Å². The van der Waals surface area contributed by atoms with Gasteiger partial charge in [0.25, 0.3) is 0 Å². The molecule has 0 aliphatic heterocycles. The zero-order valence-electron chi connectivity index (χ0n) is 21.2. The van der Waals surface area contributed by atoms with Crippen LogP contribution in [0.5, 0.6) is 0 Å². The highest BCUT2D eigenvalue weighted by Gasteiger charge is 2.23. The molecule has 4 heteroatoms. The predicted octanol–water partition coefficient (Wildman–Crippen LogP) is 8.44. The van der Waals surface area contributed by atoms with Gasteiger partial charge in [0, 0.05) is 36.3 Å². The fraction of sp³-hybridized carbons (Fsp3) is 0.375. The van der Waals surface area contributed by atoms with Crippen LogP contribution in [0.4, 0.5) is 0 Å². The molecular formula is C32H35N3S. The fourth-order valence-corrected chi connectivity index (χ4v) is 6.57. The first kappa shape index (κ1) is 24.7. The molecule has 0 bridgehead atoms. The standard InChI is InChI=1S/C32H35N3S/c1-2-6-24-11-13-25(14-12-24)20-35(22-29-19-34-23-36-29)21-26-15-16-28(18-33)32(17-26)31-10-5-8-27-7-3-4-9-30(27)31/h3-5,7-10,15-17,19,23-25H,2,6,11-14,20-22H2,1H3. The van der Waals surface area contributed by atoms with Crippen LogP contribution >= 0.6 is 11.3 Å². The molecule has 0 saturated heterocycles. The van der Waals surface area contributed by atoms with E-state index < -0.39 is 0 Å². The lowest BCUT2D eigenvalue weighted by Gasteiger charge is -2.32. The molecule has 36 heavy (non-hydrogen) atoms. The minimum Gasteiger partial charge on any atom is -0.294 e. The smallest absolute Gasteiger partial charge is 0.0998 e. The molecule has 1 aromatic heterocycles. The quantitative estimate of drug-likeness (QED) is 0.235. The van der Waals surface area contributed by atoms with Crippen molar-refractivity contribution >= 4 is 22.1 Å². The molecule has 0 spiro atoms. The fourth-order valence-electron chi connectivity index (χ4n) is 5.93. The van der Waals surface area contributed by atoms with E-state index in [0.717, 1.165) is 48.2 Å². The van der Waals surface area contributed by atoms with Crippen LogP contribution in [0.25, 0.3) is 21.9 Å². The summed E-state index contributed by atoms with van der Waals surface area (Å²) in [6.07, 6.45) is 10.2. The average Bonchev–Trinajstić information content (AvgIpc) is 3.43. The molecule has 1 aliphatic carbocycles. The number of benzene rings is 3. The third kappa shape index (κ3) is 5.86. The Morgan fingerprint density at radius 1 is 0.944 bits per heavy atom. The van der Waals surface area contributed by atoms with E-state index in [1.807, 2.05) is 17.8 Å². The molecule has 1 saturated carbocycles. The number of hydrogen-bond donors (Lipinski definition) is 0. The van der Waals surface area contributed by atoms with E-state index >= 15 is 0 Å². The lowest BCUT2D eigenvalue weighted by atomic mass is 9.80. The van der Waals surface area contributed by atoms with Gasteiger partial charge in [0.1, 0.15) is 0 Å². The Labute approximate surface area is 219 Å². The zero-order valence-corrected chi connectivity index (χ0v) is 22.0. The Balaban J connectivity index is 1.40. The van der Waals surface area contributed by atoms with E-state index in [2.05, 4.69) is 77.5 Å². The molecule has 184 valence electrons. The molecule has 3 nitrogen and oxygen atoms in total. The van der Waals surface area contributed by atoms with Crippen LogP contribution in [-0.4, -0.2) is 16.4 Å². The second-order valence-electron chi connectivity index (χ2n) is 10.3. The second-order valence-corrected chi connectivity index (χ2v) is 11.3. The molecule has 3 aromatic carbocycles. The number of nitrogens with zero attached hydrogens (tertiary/aromatic N) is 3. The van der Waals surface area contributed by atoms with Crippen LogP contribution in [0.15, 0.2) is 72.4 Å². The first-order valence-electron chi connectivity index (χ1n) is 13.3. The lowest BCUT2D eigenvalue weighted by molar-refractivity contribution is 0.166. The van der Waals surface area contributed by atoms with Crippen molar-refractivity contribution in [3.8, 4) is 17.2 Å². The average molecular weight is 494 g/mol. The largest absolute Gasteiger partial charge is 0.294 e. The van der Waals surface area contributed by atoms with E-state index in [1.54, 1.807) is 11.3 Å². The number of thiazole rings is 1. The van der Waals surface area contributed by atoms with Crippen LogP contribution < -0.4 is 0 Å². The van der Waals surface area contributed by atoms with Crippen molar-refractivity contribution in [2.45, 2.75) is 58.5 Å². The Morgan fingerprint density at radius 3 is 2.53 bits per heavy atom. The van der Waals surface area contributed by atoms with E-state index in [4.69, 9.17) is 0 Å². The van der Waals surface area contributed by atoms with E-state index in [1.165, 1.54) is 59.7 Å². The summed E-state index contributed by atoms with van der Waals surface area (Å²) in [6.45, 7) is 5.26. The van der Waals surface area contributed by atoms with Crippen molar-refractivity contribution in [2.24, 2.45) is 11.8 Å². The summed E-state index contributed by atoms with van der Waals surface area (Å²) in [5.41, 5.74) is 6.10. The minimum absolute atomic E-state index is 0.735. The van der Waals surface area contributed by atoms with Gasteiger partial charge in [0.15, 0.2) is 0 Å². The van der Waals surface area contributed by atoms with Crippen molar-refractivity contribution in [1.29, 1.82) is 5.26 Å². The lowest BCUT2D eigenvalue weighted by Crippen LogP contribution is -2.31. The highest BCUT2D eigenvalue weighted by atomic mass is 32.1. The first-order valence-corrected chi connectivity index (χ1v) is 14.2. The molecule has 0 amide bonds. The first-order chi connectivity index (χ1) is 17.7. The van der Waals surface area contributed by atoms with E-state index in [-0.39, 0.29) is 0 Å². The summed E-state index contributed by atoms with van der Waals surface area (Å²) in [5, 5.41) is 12.3. The van der Waals surface area contributed by atoms with E-state index in [0.29, 0.717) is 0 Å². The van der Waals surface area contributed by atoms with Gasteiger partial charge >= 0.3 is 0 Å². The molecule has 0 radical (unpaired) electrons. The molecule has 4 aromatic rings. The summed E-state index contributed by atoms with van der Waals surface area (Å²) < 4.78 is 0.